The number of carbonyl (C=O) groups is 2. The minimum Gasteiger partial charge on any atom is -0.481 e. The molecule has 1 aromatic carbocycles. The van der Waals surface area contributed by atoms with Crippen LogP contribution in [0.2, 0.25) is 0 Å². The summed E-state index contributed by atoms with van der Waals surface area (Å²) >= 11 is 0. The summed E-state index contributed by atoms with van der Waals surface area (Å²) in [5.41, 5.74) is 4.66. The zero-order valence-electron chi connectivity index (χ0n) is 19.4. The molecule has 2 atom stereocenters. The van der Waals surface area contributed by atoms with Gasteiger partial charge in [-0.25, -0.2) is 0 Å². The van der Waals surface area contributed by atoms with Crippen molar-refractivity contribution in [1.82, 2.24) is 4.90 Å². The lowest BCUT2D eigenvalue weighted by Crippen LogP contribution is -2.45. The van der Waals surface area contributed by atoms with Gasteiger partial charge in [0.1, 0.15) is 0 Å². The predicted molar refractivity (Wildman–Crippen MR) is 134 cm³/mol. The number of aliphatic hydroxyl groups excluding tert-OH is 1. The average molecular weight is 464 g/mol. The van der Waals surface area contributed by atoms with Crippen molar-refractivity contribution in [3.63, 3.8) is 0 Å². The quantitative estimate of drug-likeness (QED) is 0.442. The number of rotatable bonds is 9. The second kappa shape index (κ2) is 11.2. The molecular weight excluding hydrogens is 430 g/mol. The van der Waals surface area contributed by atoms with E-state index in [1.54, 1.807) is 17.0 Å². The van der Waals surface area contributed by atoms with Gasteiger partial charge >= 0.3 is 5.97 Å². The number of carboxylic acids is 1. The van der Waals surface area contributed by atoms with Crippen molar-refractivity contribution < 1.29 is 19.8 Å². The molecule has 0 saturated carbocycles. The Bertz CT molecular complexity index is 1040. The van der Waals surface area contributed by atoms with Crippen molar-refractivity contribution in [2.75, 3.05) is 36.9 Å². The molecule has 7 heteroatoms. The standard InChI is InChI=1S/C27H33N3O4/c31-18-22-9-3-4-15-30(22)27(34)20-11-12-24(25(16-20)28-14-13-26(32)33)29-17-21-8-5-7-19-6-1-2-10-23(19)21/h1-2,5-8,11-12,16,22-23,28-29,31H,3-4,9-10,13-15,17-18H2,(H,32,33). The van der Waals surface area contributed by atoms with Gasteiger partial charge in [0.25, 0.3) is 5.91 Å². The SMILES string of the molecule is O=C(O)CCNc1cc(C(=O)N2CCCCC2CO)ccc1NCC1=CC=CC2=CC=CCC21. The van der Waals surface area contributed by atoms with Gasteiger partial charge in [-0.2, -0.15) is 0 Å². The van der Waals surface area contributed by atoms with Crippen LogP contribution in [0.15, 0.2) is 65.8 Å². The van der Waals surface area contributed by atoms with E-state index in [1.807, 2.05) is 6.07 Å². The van der Waals surface area contributed by atoms with Gasteiger partial charge in [-0.3, -0.25) is 9.59 Å². The third kappa shape index (κ3) is 5.59. The summed E-state index contributed by atoms with van der Waals surface area (Å²) in [7, 11) is 0. The van der Waals surface area contributed by atoms with Crippen LogP contribution in [0.3, 0.4) is 0 Å². The molecule has 1 amide bonds. The van der Waals surface area contributed by atoms with Crippen LogP contribution < -0.4 is 10.6 Å². The van der Waals surface area contributed by atoms with Crippen molar-refractivity contribution in [3.8, 4) is 0 Å². The van der Waals surface area contributed by atoms with E-state index in [2.05, 4.69) is 47.1 Å². The second-order valence-electron chi connectivity index (χ2n) is 9.00. The van der Waals surface area contributed by atoms with Gasteiger partial charge in [-0.1, -0.05) is 36.5 Å². The van der Waals surface area contributed by atoms with E-state index in [1.165, 1.54) is 11.1 Å². The monoisotopic (exact) mass is 463 g/mol. The highest BCUT2D eigenvalue weighted by Gasteiger charge is 2.27. The first-order valence-electron chi connectivity index (χ1n) is 12.1. The molecule has 34 heavy (non-hydrogen) atoms. The van der Waals surface area contributed by atoms with Gasteiger partial charge in [-0.15, -0.1) is 0 Å². The average Bonchev–Trinajstić information content (AvgIpc) is 2.87. The second-order valence-corrected chi connectivity index (χ2v) is 9.00. The Morgan fingerprint density at radius 2 is 1.97 bits per heavy atom. The number of piperidine rings is 1. The number of nitrogens with one attached hydrogen (secondary N) is 2. The number of anilines is 2. The zero-order valence-corrected chi connectivity index (χ0v) is 19.4. The smallest absolute Gasteiger partial charge is 0.305 e. The summed E-state index contributed by atoms with van der Waals surface area (Å²) in [6.45, 7) is 1.51. The molecule has 3 aliphatic rings. The molecule has 0 bridgehead atoms. The number of carboxylic acid groups (broad SMARTS) is 1. The fraction of sp³-hybridized carbons (Fsp3) is 0.407. The highest BCUT2D eigenvalue weighted by atomic mass is 16.4. The molecule has 1 heterocycles. The molecular formula is C27H33N3O4. The predicted octanol–water partition coefficient (Wildman–Crippen LogP) is 3.97. The van der Waals surface area contributed by atoms with Gasteiger partial charge < -0.3 is 25.7 Å². The summed E-state index contributed by atoms with van der Waals surface area (Å²) in [6.07, 6.45) is 16.5. The maximum absolute atomic E-state index is 13.2. The Balaban J connectivity index is 1.51. The molecule has 1 fully saturated rings. The van der Waals surface area contributed by atoms with E-state index in [4.69, 9.17) is 5.11 Å². The van der Waals surface area contributed by atoms with Crippen molar-refractivity contribution >= 4 is 23.3 Å². The fourth-order valence-electron chi connectivity index (χ4n) is 4.87. The lowest BCUT2D eigenvalue weighted by Gasteiger charge is -2.34. The molecule has 4 rings (SSSR count). The molecule has 0 radical (unpaired) electrons. The number of amides is 1. The summed E-state index contributed by atoms with van der Waals surface area (Å²) in [6, 6.07) is 5.32. The molecule has 7 nitrogen and oxygen atoms in total. The molecule has 2 unspecified atom stereocenters. The third-order valence-corrected chi connectivity index (χ3v) is 6.75. The molecule has 1 aliphatic heterocycles. The number of allylic oxidation sites excluding steroid dienone is 7. The van der Waals surface area contributed by atoms with Crippen LogP contribution in [0.5, 0.6) is 0 Å². The normalized spacial score (nSPS) is 21.4. The number of aliphatic carboxylic acids is 1. The summed E-state index contributed by atoms with van der Waals surface area (Å²) in [5, 5.41) is 25.4. The van der Waals surface area contributed by atoms with Crippen LogP contribution in [-0.2, 0) is 4.79 Å². The van der Waals surface area contributed by atoms with Crippen LogP contribution in [0.25, 0.3) is 0 Å². The number of hydrogen-bond donors (Lipinski definition) is 4. The number of fused-ring (bicyclic) bond motifs is 1. The van der Waals surface area contributed by atoms with Crippen molar-refractivity contribution in [2.24, 2.45) is 5.92 Å². The Labute approximate surface area is 200 Å². The number of carbonyl (C=O) groups excluding carboxylic acids is 1. The van der Waals surface area contributed by atoms with E-state index in [-0.39, 0.29) is 31.5 Å². The minimum atomic E-state index is -0.878. The summed E-state index contributed by atoms with van der Waals surface area (Å²) in [5.74, 6) is -0.617. The minimum absolute atomic E-state index is 0.0190. The van der Waals surface area contributed by atoms with E-state index in [0.717, 1.165) is 31.4 Å². The van der Waals surface area contributed by atoms with Crippen molar-refractivity contribution in [2.45, 2.75) is 38.1 Å². The Morgan fingerprint density at radius 3 is 2.79 bits per heavy atom. The molecule has 180 valence electrons. The molecule has 4 N–H and O–H groups in total. The molecule has 1 saturated heterocycles. The third-order valence-electron chi connectivity index (χ3n) is 6.75. The Morgan fingerprint density at radius 1 is 1.09 bits per heavy atom. The first-order chi connectivity index (χ1) is 16.6. The maximum Gasteiger partial charge on any atom is 0.305 e. The van der Waals surface area contributed by atoms with E-state index in [0.29, 0.717) is 30.3 Å². The Kier molecular flexibility index (Phi) is 7.85. The number of hydrogen-bond acceptors (Lipinski definition) is 5. The fourth-order valence-corrected chi connectivity index (χ4v) is 4.87. The van der Waals surface area contributed by atoms with Crippen molar-refractivity contribution in [3.05, 3.63) is 71.4 Å². The molecule has 0 aromatic heterocycles. The van der Waals surface area contributed by atoms with Crippen LogP contribution in [0, 0.1) is 5.92 Å². The van der Waals surface area contributed by atoms with Gasteiger partial charge in [0.05, 0.1) is 30.4 Å². The number of likely N-dealkylation sites (tertiary alicyclic amines) is 1. The van der Waals surface area contributed by atoms with Crippen LogP contribution >= 0.6 is 0 Å². The van der Waals surface area contributed by atoms with E-state index >= 15 is 0 Å². The molecule has 1 aromatic rings. The molecule has 2 aliphatic carbocycles. The number of nitrogens with zero attached hydrogens (tertiary/aromatic N) is 1. The van der Waals surface area contributed by atoms with Crippen molar-refractivity contribution in [1.29, 1.82) is 0 Å². The highest BCUT2D eigenvalue weighted by Crippen LogP contribution is 2.33. The number of aliphatic hydroxyl groups is 1. The first kappa shape index (κ1) is 23.8. The van der Waals surface area contributed by atoms with Gasteiger partial charge in [0.15, 0.2) is 0 Å². The number of benzene rings is 1. The van der Waals surface area contributed by atoms with Gasteiger partial charge in [-0.05, 0) is 55.0 Å². The largest absolute Gasteiger partial charge is 0.481 e. The Hall–Kier alpha value is -3.32. The summed E-state index contributed by atoms with van der Waals surface area (Å²) in [4.78, 5) is 26.0. The van der Waals surface area contributed by atoms with Gasteiger partial charge in [0.2, 0.25) is 0 Å². The van der Waals surface area contributed by atoms with E-state index < -0.39 is 5.97 Å². The maximum atomic E-state index is 13.2. The first-order valence-corrected chi connectivity index (χ1v) is 12.1. The lowest BCUT2D eigenvalue weighted by atomic mass is 9.82. The topological polar surface area (TPSA) is 102 Å². The van der Waals surface area contributed by atoms with Crippen LogP contribution in [0.4, 0.5) is 11.4 Å². The van der Waals surface area contributed by atoms with Gasteiger partial charge in [0, 0.05) is 31.1 Å². The highest BCUT2D eigenvalue weighted by molar-refractivity contribution is 5.96. The molecule has 0 spiro atoms. The lowest BCUT2D eigenvalue weighted by molar-refractivity contribution is -0.136. The van der Waals surface area contributed by atoms with Crippen LogP contribution in [-0.4, -0.2) is 59.3 Å². The zero-order chi connectivity index (χ0) is 23.9. The van der Waals surface area contributed by atoms with E-state index in [9.17, 15) is 14.7 Å². The van der Waals surface area contributed by atoms with Crippen LogP contribution in [0.1, 0.15) is 42.5 Å². The summed E-state index contributed by atoms with van der Waals surface area (Å²) < 4.78 is 0.